The molecule has 27 heavy (non-hydrogen) atoms. The highest BCUT2D eigenvalue weighted by Crippen LogP contribution is 2.13. The minimum absolute atomic E-state index is 0.302. The molecular weight excluding hydrogens is 348 g/mol. The van der Waals surface area contributed by atoms with E-state index in [1.54, 1.807) is 55.5 Å². The molecule has 142 valence electrons. The second-order valence-electron chi connectivity index (χ2n) is 5.59. The number of urea groups is 1. The predicted molar refractivity (Wildman–Crippen MR) is 102 cm³/mol. The Morgan fingerprint density at radius 1 is 0.741 bits per heavy atom. The Morgan fingerprint density at radius 2 is 1.19 bits per heavy atom. The van der Waals surface area contributed by atoms with Crippen LogP contribution in [-0.4, -0.2) is 31.2 Å². The van der Waals surface area contributed by atoms with Crippen LogP contribution >= 0.6 is 0 Å². The molecular formula is C20H22N2O5. The van der Waals surface area contributed by atoms with Crippen molar-refractivity contribution in [1.82, 2.24) is 0 Å². The van der Waals surface area contributed by atoms with Crippen LogP contribution in [-0.2, 0) is 9.47 Å². The average molecular weight is 370 g/mol. The number of hydrogen-bond donors (Lipinski definition) is 2. The summed E-state index contributed by atoms with van der Waals surface area (Å²) in [4.78, 5) is 35.4. The standard InChI is InChI=1S/C20H22N2O5/c1-3-13-27-19(24)15-7-11-17(12-8-15)22-20(25)21-16-9-5-14(6-10-16)18(23)26-4-2/h5-12H,3-4,13H2,1-2H3,(H2,21,22,25). The summed E-state index contributed by atoms with van der Waals surface area (Å²) in [5.74, 6) is -0.805. The van der Waals surface area contributed by atoms with Gasteiger partial charge in [-0.15, -0.1) is 0 Å². The van der Waals surface area contributed by atoms with E-state index in [9.17, 15) is 14.4 Å². The molecule has 0 bridgehead atoms. The van der Waals surface area contributed by atoms with Crippen molar-refractivity contribution in [3.63, 3.8) is 0 Å². The van der Waals surface area contributed by atoms with Crippen molar-refractivity contribution in [3.8, 4) is 0 Å². The van der Waals surface area contributed by atoms with Gasteiger partial charge in [0.15, 0.2) is 0 Å². The maximum atomic E-state index is 12.1. The number of amides is 2. The van der Waals surface area contributed by atoms with Crippen LogP contribution in [0, 0.1) is 0 Å². The smallest absolute Gasteiger partial charge is 0.338 e. The normalized spacial score (nSPS) is 10.0. The first kappa shape index (κ1) is 20.0. The van der Waals surface area contributed by atoms with Gasteiger partial charge in [-0.25, -0.2) is 14.4 Å². The largest absolute Gasteiger partial charge is 0.462 e. The number of ether oxygens (including phenoxy) is 2. The summed E-state index contributed by atoms with van der Waals surface area (Å²) in [7, 11) is 0. The SMILES string of the molecule is CCCOC(=O)c1ccc(NC(=O)Nc2ccc(C(=O)OCC)cc2)cc1. The molecule has 0 aliphatic rings. The molecule has 0 saturated carbocycles. The van der Waals surface area contributed by atoms with Gasteiger partial charge in [-0.05, 0) is 61.9 Å². The van der Waals surface area contributed by atoms with Gasteiger partial charge in [0.2, 0.25) is 0 Å². The Bertz CT molecular complexity index is 785. The van der Waals surface area contributed by atoms with Crippen molar-refractivity contribution < 1.29 is 23.9 Å². The van der Waals surface area contributed by atoms with Crippen LogP contribution in [0.5, 0.6) is 0 Å². The summed E-state index contributed by atoms with van der Waals surface area (Å²) in [6.45, 7) is 4.33. The van der Waals surface area contributed by atoms with Gasteiger partial charge in [0, 0.05) is 11.4 Å². The Balaban J connectivity index is 1.90. The third kappa shape index (κ3) is 6.14. The van der Waals surface area contributed by atoms with E-state index in [0.29, 0.717) is 35.7 Å². The number of esters is 2. The first-order valence-electron chi connectivity index (χ1n) is 8.65. The van der Waals surface area contributed by atoms with E-state index in [-0.39, 0.29) is 0 Å². The molecule has 0 heterocycles. The fourth-order valence-electron chi connectivity index (χ4n) is 2.17. The van der Waals surface area contributed by atoms with E-state index in [1.165, 1.54) is 0 Å². The third-order valence-corrected chi connectivity index (χ3v) is 3.47. The summed E-state index contributed by atoms with van der Waals surface area (Å²) in [6.07, 6.45) is 0.756. The Kier molecular flexibility index (Phi) is 7.37. The number of carbonyl (C=O) groups excluding carboxylic acids is 3. The molecule has 0 saturated heterocycles. The molecule has 2 rings (SSSR count). The van der Waals surface area contributed by atoms with Crippen LogP contribution in [0.15, 0.2) is 48.5 Å². The highest BCUT2D eigenvalue weighted by atomic mass is 16.5. The number of rotatable bonds is 7. The molecule has 2 aromatic carbocycles. The predicted octanol–water partition coefficient (Wildman–Crippen LogP) is 4.07. The quantitative estimate of drug-likeness (QED) is 0.717. The summed E-state index contributed by atoms with van der Waals surface area (Å²) in [5, 5.41) is 5.32. The molecule has 2 N–H and O–H groups in total. The second kappa shape index (κ2) is 9.96. The van der Waals surface area contributed by atoms with Crippen molar-refractivity contribution >= 4 is 29.3 Å². The van der Waals surface area contributed by atoms with E-state index in [0.717, 1.165) is 6.42 Å². The monoisotopic (exact) mass is 370 g/mol. The summed E-state index contributed by atoms with van der Waals surface area (Å²) < 4.78 is 9.95. The number of hydrogen-bond acceptors (Lipinski definition) is 5. The Labute approximate surface area is 157 Å². The first-order chi connectivity index (χ1) is 13.0. The lowest BCUT2D eigenvalue weighted by atomic mass is 10.2. The number of anilines is 2. The maximum Gasteiger partial charge on any atom is 0.338 e. The van der Waals surface area contributed by atoms with Crippen molar-refractivity contribution in [2.45, 2.75) is 20.3 Å². The third-order valence-electron chi connectivity index (χ3n) is 3.47. The van der Waals surface area contributed by atoms with Gasteiger partial charge < -0.3 is 20.1 Å². The lowest BCUT2D eigenvalue weighted by molar-refractivity contribution is 0.0501. The van der Waals surface area contributed by atoms with E-state index >= 15 is 0 Å². The van der Waals surface area contributed by atoms with E-state index in [4.69, 9.17) is 9.47 Å². The van der Waals surface area contributed by atoms with Crippen molar-refractivity contribution in [3.05, 3.63) is 59.7 Å². The van der Waals surface area contributed by atoms with Crippen LogP contribution in [0.1, 0.15) is 41.0 Å². The fraction of sp³-hybridized carbons (Fsp3) is 0.250. The van der Waals surface area contributed by atoms with Gasteiger partial charge in [-0.2, -0.15) is 0 Å². The van der Waals surface area contributed by atoms with Gasteiger partial charge >= 0.3 is 18.0 Å². The average Bonchev–Trinajstić information content (AvgIpc) is 2.67. The van der Waals surface area contributed by atoms with E-state index < -0.39 is 18.0 Å². The summed E-state index contributed by atoms with van der Waals surface area (Å²) in [6, 6.07) is 12.3. The zero-order valence-corrected chi connectivity index (χ0v) is 15.3. The minimum Gasteiger partial charge on any atom is -0.462 e. The first-order valence-corrected chi connectivity index (χ1v) is 8.65. The number of carbonyl (C=O) groups is 3. The lowest BCUT2D eigenvalue weighted by Crippen LogP contribution is -2.19. The summed E-state index contributed by atoms with van der Waals surface area (Å²) in [5.41, 5.74) is 1.89. The van der Waals surface area contributed by atoms with Crippen LogP contribution in [0.4, 0.5) is 16.2 Å². The van der Waals surface area contributed by atoms with E-state index in [2.05, 4.69) is 10.6 Å². The van der Waals surface area contributed by atoms with Gasteiger partial charge in [-0.3, -0.25) is 0 Å². The zero-order chi connectivity index (χ0) is 19.6. The molecule has 0 spiro atoms. The molecule has 2 aromatic rings. The molecule has 0 fully saturated rings. The number of benzene rings is 2. The molecule has 0 aliphatic heterocycles. The Hall–Kier alpha value is -3.35. The molecule has 0 aliphatic carbocycles. The van der Waals surface area contributed by atoms with Crippen LogP contribution < -0.4 is 10.6 Å². The van der Waals surface area contributed by atoms with Crippen LogP contribution in [0.3, 0.4) is 0 Å². The van der Waals surface area contributed by atoms with Gasteiger partial charge in [-0.1, -0.05) is 6.92 Å². The van der Waals surface area contributed by atoms with Crippen LogP contribution in [0.2, 0.25) is 0 Å². The van der Waals surface area contributed by atoms with Crippen molar-refractivity contribution in [2.24, 2.45) is 0 Å². The van der Waals surface area contributed by atoms with Gasteiger partial charge in [0.1, 0.15) is 0 Å². The Morgan fingerprint density at radius 3 is 1.59 bits per heavy atom. The molecule has 2 amide bonds. The molecule has 0 radical (unpaired) electrons. The molecule has 0 atom stereocenters. The molecule has 0 unspecified atom stereocenters. The topological polar surface area (TPSA) is 93.7 Å². The molecule has 0 aromatic heterocycles. The van der Waals surface area contributed by atoms with Gasteiger partial charge in [0.25, 0.3) is 0 Å². The zero-order valence-electron chi connectivity index (χ0n) is 15.3. The van der Waals surface area contributed by atoms with Gasteiger partial charge in [0.05, 0.1) is 24.3 Å². The molecule has 7 heteroatoms. The second-order valence-corrected chi connectivity index (χ2v) is 5.59. The summed E-state index contributed by atoms with van der Waals surface area (Å²) >= 11 is 0. The number of nitrogens with one attached hydrogen (secondary N) is 2. The van der Waals surface area contributed by atoms with Crippen molar-refractivity contribution in [2.75, 3.05) is 23.8 Å². The van der Waals surface area contributed by atoms with Crippen molar-refractivity contribution in [1.29, 1.82) is 0 Å². The highest BCUT2D eigenvalue weighted by molar-refractivity contribution is 6.00. The van der Waals surface area contributed by atoms with E-state index in [1.807, 2.05) is 6.92 Å². The fourth-order valence-corrected chi connectivity index (χ4v) is 2.17. The molecule has 7 nitrogen and oxygen atoms in total. The highest BCUT2D eigenvalue weighted by Gasteiger charge is 2.09. The lowest BCUT2D eigenvalue weighted by Gasteiger charge is -2.09. The maximum absolute atomic E-state index is 12.1. The minimum atomic E-state index is -0.444. The van der Waals surface area contributed by atoms with Crippen LogP contribution in [0.25, 0.3) is 0 Å².